The molecule has 0 unspecified atom stereocenters. The van der Waals surface area contributed by atoms with Crippen LogP contribution in [0.5, 0.6) is 0 Å². The fraction of sp³-hybridized carbons (Fsp3) is 0.0612. The molecule has 2 heterocycles. The molecule has 0 fully saturated rings. The van der Waals surface area contributed by atoms with Crippen LogP contribution in [0.3, 0.4) is 0 Å². The van der Waals surface area contributed by atoms with Crippen molar-refractivity contribution in [1.82, 2.24) is 0 Å². The number of fused-ring (bicyclic) bond motifs is 9. The van der Waals surface area contributed by atoms with Gasteiger partial charge in [0.2, 0.25) is 0 Å². The van der Waals surface area contributed by atoms with Gasteiger partial charge in [0.1, 0.15) is 16.7 Å². The van der Waals surface area contributed by atoms with Crippen molar-refractivity contribution in [2.75, 3.05) is 0 Å². The Kier molecular flexibility index (Phi) is 5.76. The molecule has 2 heteroatoms. The van der Waals surface area contributed by atoms with Gasteiger partial charge in [-0.25, -0.2) is 0 Å². The Bertz CT molecular complexity index is 3000. The third-order valence-electron chi connectivity index (χ3n) is 11.4. The van der Waals surface area contributed by atoms with Crippen molar-refractivity contribution in [3.8, 4) is 44.5 Å². The van der Waals surface area contributed by atoms with E-state index in [1.54, 1.807) is 6.26 Å². The van der Waals surface area contributed by atoms with Crippen LogP contribution in [0.15, 0.2) is 167 Å². The summed E-state index contributed by atoms with van der Waals surface area (Å²) in [5, 5.41) is 8.33. The molecule has 8 aromatic carbocycles. The van der Waals surface area contributed by atoms with E-state index in [9.17, 15) is 0 Å². The molecule has 1 aliphatic rings. The lowest BCUT2D eigenvalue weighted by Gasteiger charge is -2.21. The number of rotatable bonds is 3. The maximum Gasteiger partial charge on any atom is 0.136 e. The van der Waals surface area contributed by atoms with Crippen molar-refractivity contribution in [3.05, 3.63) is 169 Å². The van der Waals surface area contributed by atoms with E-state index < -0.39 is 0 Å². The second kappa shape index (κ2) is 10.3. The highest BCUT2D eigenvalue weighted by Gasteiger charge is 2.36. The maximum atomic E-state index is 6.72. The number of hydrogen-bond donors (Lipinski definition) is 0. The van der Waals surface area contributed by atoms with Crippen LogP contribution in [-0.4, -0.2) is 0 Å². The Morgan fingerprint density at radius 3 is 1.78 bits per heavy atom. The quantitative estimate of drug-likeness (QED) is 0.178. The molecular weight excluding hydrogens is 621 g/mol. The zero-order chi connectivity index (χ0) is 33.8. The molecule has 1 aliphatic carbocycles. The maximum absolute atomic E-state index is 6.72. The average Bonchev–Trinajstić information content (AvgIpc) is 3.85. The van der Waals surface area contributed by atoms with Crippen molar-refractivity contribution < 1.29 is 8.83 Å². The monoisotopic (exact) mass is 652 g/mol. The van der Waals surface area contributed by atoms with Crippen LogP contribution in [0.25, 0.3) is 99.0 Å². The summed E-state index contributed by atoms with van der Waals surface area (Å²) < 4.78 is 12.4. The highest BCUT2D eigenvalue weighted by Crippen LogP contribution is 2.53. The van der Waals surface area contributed by atoms with Gasteiger partial charge in [-0.1, -0.05) is 129 Å². The van der Waals surface area contributed by atoms with Crippen molar-refractivity contribution in [1.29, 1.82) is 0 Å². The summed E-state index contributed by atoms with van der Waals surface area (Å²) in [5.74, 6) is 0. The first-order chi connectivity index (χ1) is 25.1. The second-order valence-electron chi connectivity index (χ2n) is 14.4. The summed E-state index contributed by atoms with van der Waals surface area (Å²) in [5.41, 5.74) is 15.2. The molecule has 0 radical (unpaired) electrons. The van der Waals surface area contributed by atoms with Crippen molar-refractivity contribution in [2.24, 2.45) is 0 Å². The van der Waals surface area contributed by atoms with E-state index in [1.807, 2.05) is 6.07 Å². The van der Waals surface area contributed by atoms with Crippen molar-refractivity contribution >= 4 is 54.5 Å². The molecule has 11 rings (SSSR count). The van der Waals surface area contributed by atoms with Gasteiger partial charge in [0.25, 0.3) is 0 Å². The van der Waals surface area contributed by atoms with Gasteiger partial charge in [-0.3, -0.25) is 0 Å². The standard InChI is InChI=1S/C49H32O2/c1-49(2)41-20-10-9-13-32(41)39-28-45-40(27-42(39)49)48-38(19-11-21-44(48)51-45)47-36-17-7-5-15-34(36)46(35-16-6-8-18-37(35)47)33-14-4-3-12-31(33)29-22-23-43-30(26-29)24-25-50-43/h3-28H,1-2H3. The van der Waals surface area contributed by atoms with E-state index in [1.165, 1.54) is 82.6 Å². The van der Waals surface area contributed by atoms with Crippen LogP contribution >= 0.6 is 0 Å². The van der Waals surface area contributed by atoms with Gasteiger partial charge in [0.15, 0.2) is 0 Å². The lowest BCUT2D eigenvalue weighted by atomic mass is 9.81. The lowest BCUT2D eigenvalue weighted by Crippen LogP contribution is -2.14. The third-order valence-corrected chi connectivity index (χ3v) is 11.4. The molecule has 10 aromatic rings. The lowest BCUT2D eigenvalue weighted by molar-refractivity contribution is 0.616. The number of furan rings is 2. The molecule has 51 heavy (non-hydrogen) atoms. The van der Waals surface area contributed by atoms with Gasteiger partial charge < -0.3 is 8.83 Å². The van der Waals surface area contributed by atoms with Crippen LogP contribution in [0, 0.1) is 0 Å². The molecule has 0 saturated carbocycles. The number of benzene rings is 8. The first kappa shape index (κ1) is 28.5. The summed E-state index contributed by atoms with van der Waals surface area (Å²) in [7, 11) is 0. The van der Waals surface area contributed by atoms with Gasteiger partial charge in [-0.05, 0) is 114 Å². The minimum atomic E-state index is -0.102. The van der Waals surface area contributed by atoms with E-state index in [4.69, 9.17) is 8.83 Å². The molecule has 0 atom stereocenters. The molecule has 0 N–H and O–H groups in total. The first-order valence-electron chi connectivity index (χ1n) is 17.7. The largest absolute Gasteiger partial charge is 0.464 e. The summed E-state index contributed by atoms with van der Waals surface area (Å²) in [6.07, 6.45) is 1.76. The molecule has 0 spiro atoms. The molecule has 0 amide bonds. The molecular formula is C49H32O2. The SMILES string of the molecule is CC1(C)c2ccccc2-c2cc3oc4cccc(-c5c6ccccc6c(-c6ccccc6-c6ccc7occc7c6)c6ccccc56)c4c3cc21. The summed E-state index contributed by atoms with van der Waals surface area (Å²) >= 11 is 0. The molecule has 0 saturated heterocycles. The van der Waals surface area contributed by atoms with Crippen LogP contribution < -0.4 is 0 Å². The predicted octanol–water partition coefficient (Wildman–Crippen LogP) is 13.9. The van der Waals surface area contributed by atoms with Gasteiger partial charge >= 0.3 is 0 Å². The number of hydrogen-bond acceptors (Lipinski definition) is 2. The second-order valence-corrected chi connectivity index (χ2v) is 14.4. The Balaban J connectivity index is 1.21. The zero-order valence-corrected chi connectivity index (χ0v) is 28.3. The molecule has 0 aliphatic heterocycles. The minimum Gasteiger partial charge on any atom is -0.464 e. The Morgan fingerprint density at radius 1 is 0.412 bits per heavy atom. The highest BCUT2D eigenvalue weighted by atomic mass is 16.3. The third kappa shape index (κ3) is 3.93. The first-order valence-corrected chi connectivity index (χ1v) is 17.7. The summed E-state index contributed by atoms with van der Waals surface area (Å²) in [6, 6.07) is 55.2. The topological polar surface area (TPSA) is 26.3 Å². The van der Waals surface area contributed by atoms with Crippen LogP contribution in [0.4, 0.5) is 0 Å². The Hall–Kier alpha value is -6.38. The Morgan fingerprint density at radius 2 is 1.04 bits per heavy atom. The van der Waals surface area contributed by atoms with E-state index in [2.05, 4.69) is 159 Å². The van der Waals surface area contributed by atoms with Gasteiger partial charge in [0.05, 0.1) is 6.26 Å². The summed E-state index contributed by atoms with van der Waals surface area (Å²) in [6.45, 7) is 4.69. The van der Waals surface area contributed by atoms with E-state index in [0.717, 1.165) is 27.5 Å². The molecule has 2 nitrogen and oxygen atoms in total. The molecule has 240 valence electrons. The van der Waals surface area contributed by atoms with Gasteiger partial charge in [0, 0.05) is 21.6 Å². The van der Waals surface area contributed by atoms with Crippen molar-refractivity contribution in [3.63, 3.8) is 0 Å². The van der Waals surface area contributed by atoms with E-state index in [-0.39, 0.29) is 5.41 Å². The fourth-order valence-electron chi connectivity index (χ4n) is 9.02. The fourth-order valence-corrected chi connectivity index (χ4v) is 9.02. The van der Waals surface area contributed by atoms with Gasteiger partial charge in [-0.2, -0.15) is 0 Å². The van der Waals surface area contributed by atoms with Crippen LogP contribution in [-0.2, 0) is 5.41 Å². The van der Waals surface area contributed by atoms with E-state index >= 15 is 0 Å². The highest BCUT2D eigenvalue weighted by molar-refractivity contribution is 6.26. The zero-order valence-electron chi connectivity index (χ0n) is 28.3. The smallest absolute Gasteiger partial charge is 0.136 e. The normalized spacial score (nSPS) is 13.5. The predicted molar refractivity (Wildman–Crippen MR) is 212 cm³/mol. The van der Waals surface area contributed by atoms with E-state index in [0.29, 0.717) is 0 Å². The van der Waals surface area contributed by atoms with Gasteiger partial charge in [-0.15, -0.1) is 0 Å². The summed E-state index contributed by atoms with van der Waals surface area (Å²) in [4.78, 5) is 0. The van der Waals surface area contributed by atoms with Crippen LogP contribution in [0.2, 0.25) is 0 Å². The molecule has 0 bridgehead atoms. The van der Waals surface area contributed by atoms with Crippen molar-refractivity contribution in [2.45, 2.75) is 19.3 Å². The average molecular weight is 653 g/mol. The molecule has 2 aromatic heterocycles. The Labute approximate surface area is 295 Å². The minimum absolute atomic E-state index is 0.102. The van der Waals surface area contributed by atoms with Crippen LogP contribution in [0.1, 0.15) is 25.0 Å².